The molecule has 3 fully saturated rings. The van der Waals surface area contributed by atoms with Crippen molar-refractivity contribution < 1.29 is 43.2 Å². The molecular formula is C24H29ClO9. The van der Waals surface area contributed by atoms with E-state index >= 15 is 0 Å². The molecule has 9 nitrogen and oxygen atoms in total. The van der Waals surface area contributed by atoms with Gasteiger partial charge in [0.25, 0.3) is 0 Å². The van der Waals surface area contributed by atoms with Crippen molar-refractivity contribution in [2.75, 3.05) is 0 Å². The summed E-state index contributed by atoms with van der Waals surface area (Å²) < 4.78 is 23.7. The SMILES string of the molecule is C=C1C[C@@H](O)[C@H]2OC3([C@H](OC(C)=O)[C@@H]4[C@]2(C)C=CC(=O)[C@@]4(C)OC(C)=O)[C@@H](C)C(=O)O[C@H]3[C@H]1Cl. The van der Waals surface area contributed by atoms with Gasteiger partial charge in [-0.15, -0.1) is 11.6 Å². The first-order valence-electron chi connectivity index (χ1n) is 11.2. The van der Waals surface area contributed by atoms with E-state index in [1.807, 2.05) is 0 Å². The van der Waals surface area contributed by atoms with Crippen LogP contribution in [-0.4, -0.2) is 69.8 Å². The van der Waals surface area contributed by atoms with Gasteiger partial charge in [0.15, 0.2) is 23.1 Å². The Kier molecular flexibility index (Phi) is 5.78. The highest BCUT2D eigenvalue weighted by Crippen LogP contribution is 2.61. The fourth-order valence-electron chi connectivity index (χ4n) is 6.39. The summed E-state index contributed by atoms with van der Waals surface area (Å²) in [5, 5.41) is 10.3. The molecule has 0 saturated carbocycles. The average molecular weight is 497 g/mol. The zero-order valence-corrected chi connectivity index (χ0v) is 20.5. The number of rotatable bonds is 2. The highest BCUT2D eigenvalue weighted by Gasteiger charge is 2.77. The molecule has 4 aliphatic rings. The Labute approximate surface area is 202 Å². The summed E-state index contributed by atoms with van der Waals surface area (Å²) in [5.74, 6) is -4.60. The second kappa shape index (κ2) is 7.90. The standard InChI is InChI=1S/C24H29ClO9/c1-10-9-14(28)18-22(5)8-7-15(29)23(6,33-13(4)27)17(22)20(31-12(3)26)24(34-18)11(2)21(30)32-19(24)16(10)25/h7-8,11,14,16-20,28H,1,9H2,2-6H3/t11-,14+,16-,17+,18+,19-,20+,22-,23+,24?/m0/s1. The minimum atomic E-state index is -1.79. The fraction of sp³-hybridized carbons (Fsp3) is 0.667. The highest BCUT2D eigenvalue weighted by atomic mass is 35.5. The second-order valence-corrected chi connectivity index (χ2v) is 10.5. The molecule has 1 aliphatic carbocycles. The predicted octanol–water partition coefficient (Wildman–Crippen LogP) is 1.63. The van der Waals surface area contributed by atoms with Crippen molar-refractivity contribution in [2.45, 2.75) is 82.0 Å². The topological polar surface area (TPSA) is 125 Å². The van der Waals surface area contributed by atoms with Crippen LogP contribution in [0.4, 0.5) is 0 Å². The number of ketones is 1. The Morgan fingerprint density at radius 1 is 1.21 bits per heavy atom. The smallest absolute Gasteiger partial charge is 0.312 e. The molecule has 1 spiro atoms. The third-order valence-corrected chi connectivity index (χ3v) is 8.42. The number of aliphatic hydroxyl groups excluding tert-OH is 1. The zero-order chi connectivity index (χ0) is 25.4. The Morgan fingerprint density at radius 3 is 2.44 bits per heavy atom. The van der Waals surface area contributed by atoms with Crippen LogP contribution in [0.2, 0.25) is 0 Å². The van der Waals surface area contributed by atoms with E-state index in [9.17, 15) is 24.3 Å². The number of carbonyl (C=O) groups is 4. The van der Waals surface area contributed by atoms with Crippen LogP contribution in [0.15, 0.2) is 24.3 Å². The molecule has 2 bridgehead atoms. The highest BCUT2D eigenvalue weighted by molar-refractivity contribution is 6.23. The summed E-state index contributed by atoms with van der Waals surface area (Å²) >= 11 is 6.70. The number of halogens is 1. The lowest BCUT2D eigenvalue weighted by molar-refractivity contribution is -0.318. The largest absolute Gasteiger partial charge is 0.459 e. The van der Waals surface area contributed by atoms with Crippen molar-refractivity contribution in [1.29, 1.82) is 0 Å². The molecular weight excluding hydrogens is 468 g/mol. The van der Waals surface area contributed by atoms with Crippen LogP contribution in [-0.2, 0) is 38.1 Å². The van der Waals surface area contributed by atoms with Crippen molar-refractivity contribution in [1.82, 2.24) is 0 Å². The van der Waals surface area contributed by atoms with E-state index in [1.54, 1.807) is 19.9 Å². The molecule has 0 aromatic carbocycles. The Morgan fingerprint density at radius 2 is 1.85 bits per heavy atom. The summed E-state index contributed by atoms with van der Waals surface area (Å²) in [5.41, 5.74) is -4.20. The minimum Gasteiger partial charge on any atom is -0.459 e. The molecule has 10 atom stereocenters. The molecule has 3 heterocycles. The minimum absolute atomic E-state index is 0.0456. The molecule has 1 unspecified atom stereocenters. The Balaban J connectivity index is 2.06. The molecule has 0 amide bonds. The maximum Gasteiger partial charge on any atom is 0.312 e. The van der Waals surface area contributed by atoms with Gasteiger partial charge in [-0.1, -0.05) is 25.2 Å². The van der Waals surface area contributed by atoms with E-state index in [0.717, 1.165) is 0 Å². The van der Waals surface area contributed by atoms with Gasteiger partial charge in [0, 0.05) is 19.3 Å². The number of hydrogen-bond donors (Lipinski definition) is 1. The van der Waals surface area contributed by atoms with Crippen LogP contribution < -0.4 is 0 Å². The first kappa shape index (κ1) is 24.9. The van der Waals surface area contributed by atoms with Crippen molar-refractivity contribution in [2.24, 2.45) is 17.3 Å². The van der Waals surface area contributed by atoms with Gasteiger partial charge >= 0.3 is 17.9 Å². The Hall–Kier alpha value is -2.23. The molecule has 186 valence electrons. The molecule has 0 radical (unpaired) electrons. The molecule has 3 saturated heterocycles. The van der Waals surface area contributed by atoms with Gasteiger partial charge in [-0.05, 0) is 26.3 Å². The number of esters is 3. The molecule has 10 heteroatoms. The van der Waals surface area contributed by atoms with E-state index in [2.05, 4.69) is 6.58 Å². The predicted molar refractivity (Wildman–Crippen MR) is 118 cm³/mol. The summed E-state index contributed by atoms with van der Waals surface area (Å²) in [6, 6.07) is 0. The Bertz CT molecular complexity index is 1010. The van der Waals surface area contributed by atoms with E-state index in [1.165, 1.54) is 26.8 Å². The first-order chi connectivity index (χ1) is 15.7. The van der Waals surface area contributed by atoms with E-state index < -0.39 is 81.9 Å². The van der Waals surface area contributed by atoms with Crippen LogP contribution in [0.25, 0.3) is 0 Å². The third-order valence-electron chi connectivity index (χ3n) is 7.88. The molecule has 3 aliphatic heterocycles. The van der Waals surface area contributed by atoms with Gasteiger partial charge in [-0.2, -0.15) is 0 Å². The first-order valence-corrected chi connectivity index (χ1v) is 11.6. The van der Waals surface area contributed by atoms with Crippen LogP contribution in [0.1, 0.15) is 41.0 Å². The lowest BCUT2D eigenvalue weighted by atomic mass is 9.52. The quantitative estimate of drug-likeness (QED) is 0.263. The number of hydrogen-bond acceptors (Lipinski definition) is 9. The maximum absolute atomic E-state index is 13.2. The summed E-state index contributed by atoms with van der Waals surface area (Å²) in [6.07, 6.45) is -1.64. The second-order valence-electron chi connectivity index (χ2n) is 10.1. The van der Waals surface area contributed by atoms with Crippen molar-refractivity contribution >= 4 is 35.3 Å². The number of alkyl halides is 1. The summed E-state index contributed by atoms with van der Waals surface area (Å²) in [4.78, 5) is 50.7. The average Bonchev–Trinajstić information content (AvgIpc) is 2.96. The van der Waals surface area contributed by atoms with Gasteiger partial charge < -0.3 is 24.1 Å². The van der Waals surface area contributed by atoms with Crippen molar-refractivity contribution in [3.63, 3.8) is 0 Å². The fourth-order valence-corrected chi connectivity index (χ4v) is 6.73. The van der Waals surface area contributed by atoms with Crippen LogP contribution >= 0.6 is 11.6 Å². The molecule has 4 rings (SSSR count). The van der Waals surface area contributed by atoms with E-state index in [-0.39, 0.29) is 6.42 Å². The maximum atomic E-state index is 13.2. The lowest BCUT2D eigenvalue weighted by Gasteiger charge is -2.63. The van der Waals surface area contributed by atoms with Gasteiger partial charge in [0.05, 0.1) is 29.4 Å². The van der Waals surface area contributed by atoms with Crippen LogP contribution in [0, 0.1) is 17.3 Å². The summed E-state index contributed by atoms with van der Waals surface area (Å²) in [7, 11) is 0. The number of ether oxygens (including phenoxy) is 4. The molecule has 0 aromatic rings. The van der Waals surface area contributed by atoms with E-state index in [0.29, 0.717) is 5.57 Å². The number of fused-ring (bicyclic) bond motifs is 3. The normalized spacial score (nSPS) is 47.6. The number of aliphatic hydroxyl groups is 1. The van der Waals surface area contributed by atoms with E-state index in [4.69, 9.17) is 30.5 Å². The monoisotopic (exact) mass is 496 g/mol. The third kappa shape index (κ3) is 3.20. The van der Waals surface area contributed by atoms with Gasteiger partial charge in [0.1, 0.15) is 6.10 Å². The van der Waals surface area contributed by atoms with Crippen molar-refractivity contribution in [3.8, 4) is 0 Å². The van der Waals surface area contributed by atoms with Crippen LogP contribution in [0.5, 0.6) is 0 Å². The summed E-state index contributed by atoms with van der Waals surface area (Å²) in [6.45, 7) is 11.1. The molecule has 1 N–H and O–H groups in total. The van der Waals surface area contributed by atoms with Crippen molar-refractivity contribution in [3.05, 3.63) is 24.3 Å². The zero-order valence-electron chi connectivity index (χ0n) is 19.7. The van der Waals surface area contributed by atoms with Gasteiger partial charge in [0.2, 0.25) is 0 Å². The lowest BCUT2D eigenvalue weighted by Crippen LogP contribution is -2.77. The number of carbonyl (C=O) groups excluding carboxylic acids is 4. The molecule has 0 aromatic heterocycles. The van der Waals surface area contributed by atoms with Gasteiger partial charge in [-0.25, -0.2) is 0 Å². The molecule has 34 heavy (non-hydrogen) atoms. The van der Waals surface area contributed by atoms with Gasteiger partial charge in [-0.3, -0.25) is 19.2 Å². The van der Waals surface area contributed by atoms with Crippen LogP contribution in [0.3, 0.4) is 0 Å².